The maximum absolute atomic E-state index is 13.8. The Labute approximate surface area is 115 Å². The highest BCUT2D eigenvalue weighted by atomic mass is 35.5. The second kappa shape index (κ2) is 5.02. The molecule has 0 aliphatic rings. The third-order valence-electron chi connectivity index (χ3n) is 2.59. The summed E-state index contributed by atoms with van der Waals surface area (Å²) in [6, 6.07) is 0.970. The van der Waals surface area contributed by atoms with E-state index in [1.54, 1.807) is 0 Å². The predicted octanol–water partition coefficient (Wildman–Crippen LogP) is 2.79. The summed E-state index contributed by atoms with van der Waals surface area (Å²) in [5.74, 6) is -1.24. The Morgan fingerprint density at radius 3 is 2.50 bits per heavy atom. The van der Waals surface area contributed by atoms with E-state index in [0.717, 1.165) is 16.8 Å². The molecule has 0 spiro atoms. The van der Waals surface area contributed by atoms with Crippen LogP contribution < -0.4 is 0 Å². The number of nitrogens with zero attached hydrogens (tertiary/aromatic N) is 3. The molecule has 108 valence electrons. The van der Waals surface area contributed by atoms with Gasteiger partial charge < -0.3 is 9.67 Å². The molecule has 2 aromatic rings. The van der Waals surface area contributed by atoms with Gasteiger partial charge in [-0.2, -0.15) is 13.2 Å². The Morgan fingerprint density at radius 2 is 2.05 bits per heavy atom. The first-order valence-electron chi connectivity index (χ1n) is 5.30. The van der Waals surface area contributed by atoms with Crippen molar-refractivity contribution in [1.29, 1.82) is 0 Å². The number of hydrogen-bond acceptors (Lipinski definition) is 3. The van der Waals surface area contributed by atoms with E-state index < -0.39 is 29.4 Å². The second-order valence-electron chi connectivity index (χ2n) is 3.96. The summed E-state index contributed by atoms with van der Waals surface area (Å²) in [6.07, 6.45) is -3.59. The van der Waals surface area contributed by atoms with E-state index in [1.165, 1.54) is 7.05 Å². The molecule has 0 amide bonds. The molecule has 4 nitrogen and oxygen atoms in total. The summed E-state index contributed by atoms with van der Waals surface area (Å²) in [5.41, 5.74) is -1.48. The number of aliphatic hydroxyl groups is 1. The highest BCUT2D eigenvalue weighted by Gasteiger charge is 2.38. The first-order valence-corrected chi connectivity index (χ1v) is 5.68. The highest BCUT2D eigenvalue weighted by molar-refractivity contribution is 6.30. The van der Waals surface area contributed by atoms with E-state index in [9.17, 15) is 17.6 Å². The van der Waals surface area contributed by atoms with Gasteiger partial charge in [0.1, 0.15) is 10.8 Å². The molecule has 0 saturated heterocycles. The van der Waals surface area contributed by atoms with Crippen LogP contribution in [0, 0.1) is 5.82 Å². The van der Waals surface area contributed by atoms with Crippen LogP contribution in [0.1, 0.15) is 11.3 Å². The zero-order valence-electron chi connectivity index (χ0n) is 10.0. The van der Waals surface area contributed by atoms with E-state index in [-0.39, 0.29) is 17.1 Å². The predicted molar refractivity (Wildman–Crippen MR) is 62.3 cm³/mol. The molecule has 1 N–H and O–H groups in total. The van der Waals surface area contributed by atoms with Gasteiger partial charge in [-0.1, -0.05) is 11.6 Å². The van der Waals surface area contributed by atoms with Crippen molar-refractivity contribution in [3.8, 4) is 11.5 Å². The largest absolute Gasteiger partial charge is 0.436 e. The van der Waals surface area contributed by atoms with E-state index in [0.29, 0.717) is 0 Å². The monoisotopic (exact) mass is 309 g/mol. The molecule has 2 aromatic heterocycles. The Bertz CT molecular complexity index is 654. The topological polar surface area (TPSA) is 50.9 Å². The Morgan fingerprint density at radius 1 is 1.40 bits per heavy atom. The maximum Gasteiger partial charge on any atom is 0.436 e. The molecule has 0 aromatic carbocycles. The van der Waals surface area contributed by atoms with Crippen LogP contribution in [0.3, 0.4) is 0 Å². The molecule has 0 saturated carbocycles. The van der Waals surface area contributed by atoms with Crippen molar-refractivity contribution in [2.75, 3.05) is 0 Å². The summed E-state index contributed by atoms with van der Waals surface area (Å²) < 4.78 is 52.7. The number of alkyl halides is 3. The van der Waals surface area contributed by atoms with Crippen LogP contribution in [-0.4, -0.2) is 19.6 Å². The molecule has 2 heterocycles. The molecule has 0 fully saturated rings. The van der Waals surface area contributed by atoms with Gasteiger partial charge in [-0.3, -0.25) is 0 Å². The molecule has 0 aliphatic heterocycles. The van der Waals surface area contributed by atoms with Gasteiger partial charge in [0.05, 0.1) is 6.61 Å². The average molecular weight is 310 g/mol. The number of halogens is 5. The molecule has 0 aliphatic carbocycles. The van der Waals surface area contributed by atoms with Gasteiger partial charge in [0.2, 0.25) is 0 Å². The van der Waals surface area contributed by atoms with Crippen molar-refractivity contribution >= 4 is 11.6 Å². The van der Waals surface area contributed by atoms with Crippen molar-refractivity contribution in [2.24, 2.45) is 7.05 Å². The van der Waals surface area contributed by atoms with Gasteiger partial charge in [0.15, 0.2) is 17.3 Å². The lowest BCUT2D eigenvalue weighted by Crippen LogP contribution is -2.06. The lowest BCUT2D eigenvalue weighted by molar-refractivity contribution is -0.140. The van der Waals surface area contributed by atoms with Gasteiger partial charge in [-0.15, -0.1) is 0 Å². The normalized spacial score (nSPS) is 11.9. The molecule has 9 heteroatoms. The fourth-order valence-corrected chi connectivity index (χ4v) is 1.83. The van der Waals surface area contributed by atoms with E-state index >= 15 is 0 Å². The fraction of sp³-hybridized carbons (Fsp3) is 0.273. The molecule has 0 atom stereocenters. The van der Waals surface area contributed by atoms with Crippen molar-refractivity contribution in [3.63, 3.8) is 0 Å². The van der Waals surface area contributed by atoms with Gasteiger partial charge in [0, 0.05) is 13.2 Å². The average Bonchev–Trinajstić information content (AvgIpc) is 2.66. The number of rotatable bonds is 2. The maximum atomic E-state index is 13.8. The molecule has 0 bridgehead atoms. The van der Waals surface area contributed by atoms with Crippen molar-refractivity contribution in [1.82, 2.24) is 14.5 Å². The summed E-state index contributed by atoms with van der Waals surface area (Å²) in [4.78, 5) is 6.98. The third kappa shape index (κ3) is 2.48. The standard InChI is InChI=1S/C11H8ClF4N3O/c1-19-9(12)8(11(14,15)16)18-10(19)7-6(13)2-5(4-20)3-17-7/h2-3,20H,4H2,1H3. The number of imidazole rings is 1. The van der Waals surface area contributed by atoms with Crippen LogP contribution in [-0.2, 0) is 19.8 Å². The lowest BCUT2D eigenvalue weighted by atomic mass is 10.2. The molecular weight excluding hydrogens is 302 g/mol. The summed E-state index contributed by atoms with van der Waals surface area (Å²) >= 11 is 5.55. The van der Waals surface area contributed by atoms with Gasteiger partial charge in [-0.05, 0) is 11.6 Å². The highest BCUT2D eigenvalue weighted by Crippen LogP contribution is 2.36. The first-order chi connectivity index (χ1) is 9.25. The smallest absolute Gasteiger partial charge is 0.392 e. The number of hydrogen-bond donors (Lipinski definition) is 1. The Hall–Kier alpha value is -1.67. The minimum absolute atomic E-state index is 0.197. The minimum Gasteiger partial charge on any atom is -0.392 e. The second-order valence-corrected chi connectivity index (χ2v) is 4.32. The van der Waals surface area contributed by atoms with Crippen LogP contribution in [0.25, 0.3) is 11.5 Å². The first kappa shape index (κ1) is 14.7. The zero-order valence-corrected chi connectivity index (χ0v) is 10.8. The Balaban J connectivity index is 2.59. The minimum atomic E-state index is -4.74. The van der Waals surface area contributed by atoms with Crippen LogP contribution in [0.2, 0.25) is 5.15 Å². The summed E-state index contributed by atoms with van der Waals surface area (Å²) in [5, 5.41) is 8.18. The van der Waals surface area contributed by atoms with Gasteiger partial charge in [-0.25, -0.2) is 14.4 Å². The van der Waals surface area contributed by atoms with Crippen molar-refractivity contribution in [3.05, 3.63) is 34.5 Å². The van der Waals surface area contributed by atoms with E-state index in [1.807, 2.05) is 0 Å². The molecule has 0 unspecified atom stereocenters. The van der Waals surface area contributed by atoms with Gasteiger partial charge >= 0.3 is 6.18 Å². The van der Waals surface area contributed by atoms with Crippen LogP contribution in [0.15, 0.2) is 12.3 Å². The van der Waals surface area contributed by atoms with Gasteiger partial charge in [0.25, 0.3) is 0 Å². The van der Waals surface area contributed by atoms with Crippen molar-refractivity contribution in [2.45, 2.75) is 12.8 Å². The molecule has 0 radical (unpaired) electrons. The molecule has 2 rings (SSSR count). The van der Waals surface area contributed by atoms with Crippen LogP contribution >= 0.6 is 11.6 Å². The molecule has 20 heavy (non-hydrogen) atoms. The zero-order chi connectivity index (χ0) is 15.1. The lowest BCUT2D eigenvalue weighted by Gasteiger charge is -2.04. The summed E-state index contributed by atoms with van der Waals surface area (Å²) in [7, 11) is 1.22. The summed E-state index contributed by atoms with van der Waals surface area (Å²) in [6.45, 7) is -0.431. The Kier molecular flexibility index (Phi) is 3.70. The quantitative estimate of drug-likeness (QED) is 0.868. The fourth-order valence-electron chi connectivity index (χ4n) is 1.60. The number of aliphatic hydroxyl groups excluding tert-OH is 1. The number of pyridine rings is 1. The van der Waals surface area contributed by atoms with Crippen molar-refractivity contribution < 1.29 is 22.7 Å². The third-order valence-corrected chi connectivity index (χ3v) is 3.02. The SMILES string of the molecule is Cn1c(-c2ncc(CO)cc2F)nc(C(F)(F)F)c1Cl. The van der Waals surface area contributed by atoms with Crippen LogP contribution in [0.4, 0.5) is 17.6 Å². The molecular formula is C11H8ClF4N3O. The van der Waals surface area contributed by atoms with Crippen LogP contribution in [0.5, 0.6) is 0 Å². The van der Waals surface area contributed by atoms with E-state index in [2.05, 4.69) is 9.97 Å². The number of aromatic nitrogens is 3. The van der Waals surface area contributed by atoms with E-state index in [4.69, 9.17) is 16.7 Å².